The zero-order valence-electron chi connectivity index (χ0n) is 14.2. The van der Waals surface area contributed by atoms with Crippen LogP contribution in [-0.4, -0.2) is 43.2 Å². The first kappa shape index (κ1) is 17.0. The summed E-state index contributed by atoms with van der Waals surface area (Å²) in [5.41, 5.74) is 2.43. The van der Waals surface area contributed by atoms with Crippen molar-refractivity contribution in [3.05, 3.63) is 29.8 Å². The molecule has 6 nitrogen and oxygen atoms in total. The maximum atomic E-state index is 10.8. The van der Waals surface area contributed by atoms with Gasteiger partial charge in [0.15, 0.2) is 11.0 Å². The topological polar surface area (TPSA) is 71.2 Å². The number of carboxylic acids is 1. The lowest BCUT2D eigenvalue weighted by atomic mass is 9.87. The first-order chi connectivity index (χ1) is 11.3. The average Bonchev–Trinajstić information content (AvgIpc) is 2.95. The van der Waals surface area contributed by atoms with Gasteiger partial charge in [0.2, 0.25) is 0 Å². The van der Waals surface area contributed by atoms with Crippen molar-refractivity contribution in [1.29, 1.82) is 0 Å². The van der Waals surface area contributed by atoms with E-state index in [4.69, 9.17) is 5.11 Å². The molecule has 1 aromatic carbocycles. The fourth-order valence-corrected chi connectivity index (χ4v) is 3.54. The summed E-state index contributed by atoms with van der Waals surface area (Å²) in [5.74, 6) is 0.805. The van der Waals surface area contributed by atoms with Gasteiger partial charge in [-0.1, -0.05) is 56.8 Å². The van der Waals surface area contributed by atoms with E-state index in [9.17, 15) is 4.79 Å². The monoisotopic (exact) mass is 346 g/mol. The lowest BCUT2D eigenvalue weighted by Crippen LogP contribution is -2.32. The zero-order chi connectivity index (χ0) is 17.3. The highest BCUT2D eigenvalue weighted by atomic mass is 32.2. The third kappa shape index (κ3) is 3.62. The predicted molar refractivity (Wildman–Crippen MR) is 93.8 cm³/mol. The van der Waals surface area contributed by atoms with Gasteiger partial charge < -0.3 is 5.11 Å². The van der Waals surface area contributed by atoms with Crippen molar-refractivity contribution < 1.29 is 9.90 Å². The number of hydrogen-bond donors (Lipinski definition) is 1. The summed E-state index contributed by atoms with van der Waals surface area (Å²) in [5, 5.41) is 18.3. The highest BCUT2D eigenvalue weighted by Crippen LogP contribution is 2.30. The van der Waals surface area contributed by atoms with Crippen LogP contribution in [0.25, 0.3) is 11.4 Å². The Morgan fingerprint density at radius 2 is 1.96 bits per heavy atom. The molecule has 1 N–H and O–H groups in total. The van der Waals surface area contributed by atoms with E-state index in [-0.39, 0.29) is 11.8 Å². The number of aliphatic carboxylic acids is 1. The van der Waals surface area contributed by atoms with Crippen LogP contribution in [0.4, 0.5) is 0 Å². The van der Waals surface area contributed by atoms with E-state index in [1.54, 1.807) is 11.8 Å². The smallest absolute Gasteiger partial charge is 0.304 e. The van der Waals surface area contributed by atoms with Gasteiger partial charge in [-0.3, -0.25) is 14.3 Å². The molecule has 0 bridgehead atoms. The summed E-state index contributed by atoms with van der Waals surface area (Å²) in [7, 11) is 0. The molecule has 0 radical (unpaired) electrons. The fraction of sp³-hybridized carbons (Fsp3) is 0.471. The number of rotatable bonds is 4. The van der Waals surface area contributed by atoms with E-state index in [0.717, 1.165) is 22.4 Å². The first-order valence-corrected chi connectivity index (χ1v) is 8.94. The van der Waals surface area contributed by atoms with E-state index in [1.165, 1.54) is 5.56 Å². The Balaban J connectivity index is 1.82. The molecule has 0 aliphatic carbocycles. The van der Waals surface area contributed by atoms with Crippen molar-refractivity contribution in [3.8, 4) is 11.4 Å². The summed E-state index contributed by atoms with van der Waals surface area (Å²) >= 11 is 1.59. The average molecular weight is 346 g/mol. The van der Waals surface area contributed by atoms with E-state index in [2.05, 4.69) is 64.7 Å². The fourth-order valence-electron chi connectivity index (χ4n) is 2.63. The van der Waals surface area contributed by atoms with Gasteiger partial charge >= 0.3 is 5.97 Å². The van der Waals surface area contributed by atoms with Crippen LogP contribution >= 0.6 is 11.8 Å². The molecule has 3 rings (SSSR count). The highest BCUT2D eigenvalue weighted by Gasteiger charge is 2.23. The number of carboxylic acid groups (broad SMARTS) is 1. The van der Waals surface area contributed by atoms with Crippen LogP contribution < -0.4 is 0 Å². The van der Waals surface area contributed by atoms with Gasteiger partial charge in [0.1, 0.15) is 0 Å². The van der Waals surface area contributed by atoms with E-state index < -0.39 is 5.97 Å². The zero-order valence-corrected chi connectivity index (χ0v) is 15.0. The number of hydrogen-bond acceptors (Lipinski definition) is 5. The third-order valence-corrected chi connectivity index (χ3v) is 5.14. The minimum atomic E-state index is -0.771. The van der Waals surface area contributed by atoms with Crippen molar-refractivity contribution >= 4 is 17.7 Å². The van der Waals surface area contributed by atoms with Crippen molar-refractivity contribution in [2.24, 2.45) is 0 Å². The molecule has 0 amide bonds. The second-order valence-electron chi connectivity index (χ2n) is 7.01. The van der Waals surface area contributed by atoms with Gasteiger partial charge in [0.05, 0.1) is 19.0 Å². The molecule has 24 heavy (non-hydrogen) atoms. The van der Waals surface area contributed by atoms with Crippen molar-refractivity contribution in [2.75, 3.05) is 12.4 Å². The van der Waals surface area contributed by atoms with Crippen molar-refractivity contribution in [1.82, 2.24) is 19.7 Å². The van der Waals surface area contributed by atoms with E-state index in [0.29, 0.717) is 13.2 Å². The van der Waals surface area contributed by atoms with Gasteiger partial charge in [0.25, 0.3) is 0 Å². The number of fused-ring (bicyclic) bond motifs is 1. The van der Waals surface area contributed by atoms with Crippen molar-refractivity contribution in [2.45, 2.75) is 44.4 Å². The molecule has 1 aliphatic rings. The molecule has 0 fully saturated rings. The van der Waals surface area contributed by atoms with Gasteiger partial charge in [-0.25, -0.2) is 0 Å². The van der Waals surface area contributed by atoms with Gasteiger partial charge in [0, 0.05) is 12.1 Å². The minimum absolute atomic E-state index is 0.117. The molecule has 0 spiro atoms. The van der Waals surface area contributed by atoms with Crippen LogP contribution in [-0.2, 0) is 16.9 Å². The molecular weight excluding hydrogens is 324 g/mol. The van der Waals surface area contributed by atoms with Crippen LogP contribution in [0.1, 0.15) is 32.8 Å². The number of aromatic nitrogens is 3. The summed E-state index contributed by atoms with van der Waals surface area (Å²) in [6.07, 6.45) is 0.146. The largest absolute Gasteiger partial charge is 0.481 e. The Kier molecular flexibility index (Phi) is 4.64. The van der Waals surface area contributed by atoms with Crippen LogP contribution in [0.3, 0.4) is 0 Å². The van der Waals surface area contributed by atoms with E-state index >= 15 is 0 Å². The minimum Gasteiger partial charge on any atom is -0.481 e. The van der Waals surface area contributed by atoms with Crippen LogP contribution in [0.15, 0.2) is 29.4 Å². The van der Waals surface area contributed by atoms with Gasteiger partial charge in [-0.05, 0) is 11.0 Å². The summed E-state index contributed by atoms with van der Waals surface area (Å²) in [4.78, 5) is 12.9. The molecule has 0 atom stereocenters. The molecule has 1 aromatic heterocycles. The number of nitrogens with zero attached hydrogens (tertiary/aromatic N) is 4. The summed E-state index contributed by atoms with van der Waals surface area (Å²) < 4.78 is 2.06. The SMILES string of the molecule is CC(C)(C)c1ccc(-c2nnc3n2CN(CCC(=O)O)CS3)cc1. The Morgan fingerprint density at radius 1 is 1.25 bits per heavy atom. The molecule has 1 aliphatic heterocycles. The molecule has 128 valence electrons. The molecule has 0 unspecified atom stereocenters. The Labute approximate surface area is 145 Å². The highest BCUT2D eigenvalue weighted by molar-refractivity contribution is 7.99. The van der Waals surface area contributed by atoms with Gasteiger partial charge in [-0.15, -0.1) is 10.2 Å². The molecule has 2 heterocycles. The second-order valence-corrected chi connectivity index (χ2v) is 7.93. The lowest BCUT2D eigenvalue weighted by molar-refractivity contribution is -0.137. The number of benzene rings is 1. The van der Waals surface area contributed by atoms with Crippen LogP contribution in [0, 0.1) is 0 Å². The quantitative estimate of drug-likeness (QED) is 0.917. The number of thioether (sulfide) groups is 1. The number of carbonyl (C=O) groups is 1. The molecular formula is C17H22N4O2S. The molecule has 0 saturated heterocycles. The first-order valence-electron chi connectivity index (χ1n) is 7.95. The van der Waals surface area contributed by atoms with Crippen molar-refractivity contribution in [3.63, 3.8) is 0 Å². The normalized spacial score (nSPS) is 15.3. The lowest BCUT2D eigenvalue weighted by Gasteiger charge is -2.27. The Morgan fingerprint density at radius 3 is 2.58 bits per heavy atom. The van der Waals surface area contributed by atoms with Crippen LogP contribution in [0.5, 0.6) is 0 Å². The predicted octanol–water partition coefficient (Wildman–Crippen LogP) is 3.04. The summed E-state index contributed by atoms with van der Waals surface area (Å²) in [6.45, 7) is 7.73. The Bertz CT molecular complexity index is 734. The maximum absolute atomic E-state index is 10.8. The van der Waals surface area contributed by atoms with Gasteiger partial charge in [-0.2, -0.15) is 0 Å². The molecule has 7 heteroatoms. The Hall–Kier alpha value is -1.86. The standard InChI is InChI=1S/C17H22N4O2S/c1-17(2,3)13-6-4-12(5-7-13)15-18-19-16-21(15)10-20(11-24-16)9-8-14(22)23/h4-7H,8-11H2,1-3H3,(H,22,23). The second kappa shape index (κ2) is 6.57. The van der Waals surface area contributed by atoms with E-state index in [1.807, 2.05) is 0 Å². The van der Waals surface area contributed by atoms with Crippen LogP contribution in [0.2, 0.25) is 0 Å². The molecule has 0 saturated carbocycles. The molecule has 2 aromatic rings. The third-order valence-electron chi connectivity index (χ3n) is 4.09. The summed E-state index contributed by atoms with van der Waals surface area (Å²) in [6, 6.07) is 8.43. The maximum Gasteiger partial charge on any atom is 0.304 e.